The maximum absolute atomic E-state index is 13.9. The van der Waals surface area contributed by atoms with E-state index in [0.29, 0.717) is 6.07 Å². The van der Waals surface area contributed by atoms with E-state index in [2.05, 4.69) is 4.98 Å². The van der Waals surface area contributed by atoms with E-state index in [1.165, 1.54) is 49.9 Å². The number of hydrogen-bond acceptors (Lipinski definition) is 7. The Balaban J connectivity index is 1.72. The second-order valence-corrected chi connectivity index (χ2v) is 9.41. The summed E-state index contributed by atoms with van der Waals surface area (Å²) in [6.07, 6.45) is 0. The van der Waals surface area contributed by atoms with Gasteiger partial charge in [0.15, 0.2) is 5.02 Å². The molecular weight excluding hydrogens is 526 g/mol. The third-order valence-corrected chi connectivity index (χ3v) is 6.15. The Hall–Kier alpha value is -3.87. The number of hydrogen-bond donors (Lipinski definition) is 2. The van der Waals surface area contributed by atoms with Crippen molar-refractivity contribution < 1.29 is 33.3 Å². The van der Waals surface area contributed by atoms with Gasteiger partial charge in [0.1, 0.15) is 42.9 Å². The van der Waals surface area contributed by atoms with Gasteiger partial charge in [0, 0.05) is 11.6 Å². The lowest BCUT2D eigenvalue weighted by Gasteiger charge is -2.25. The number of benzene rings is 2. The van der Waals surface area contributed by atoms with Crippen molar-refractivity contribution in [1.29, 1.82) is 0 Å². The molecule has 2 aromatic carbocycles. The van der Waals surface area contributed by atoms with E-state index in [4.69, 9.17) is 16.3 Å². The van der Waals surface area contributed by atoms with Crippen LogP contribution in [0.3, 0.4) is 0 Å². The first kappa shape index (κ1) is 27.2. The molecule has 1 aromatic heterocycles. The molecule has 0 atom stereocenters. The molecule has 0 radical (unpaired) electrons. The molecule has 0 fully saturated rings. The van der Waals surface area contributed by atoms with Crippen molar-refractivity contribution in [2.24, 2.45) is 0 Å². The van der Waals surface area contributed by atoms with Crippen LogP contribution in [-0.2, 0) is 16.2 Å². The van der Waals surface area contributed by atoms with Gasteiger partial charge in [0.05, 0.1) is 17.1 Å². The molecule has 1 aliphatic rings. The van der Waals surface area contributed by atoms with E-state index < -0.39 is 46.2 Å². The maximum atomic E-state index is 13.9. The number of aryl methyl sites for hydroxylation is 1. The van der Waals surface area contributed by atoms with Crippen LogP contribution in [0.25, 0.3) is 5.69 Å². The van der Waals surface area contributed by atoms with Gasteiger partial charge in [-0.25, -0.2) is 8.78 Å². The molecule has 0 unspecified atom stereocenters. The standard InChI is InChI=1S/C25H23ClF2N4O6/c1-13-29-22(38-11-14-4-5-15(27)8-17(14)28)21(26)23(35)32(13)16-6-7-18-19(9-16)30(20(34)10-33)12-31(18)24(36)25(2,3)37/h4-9,33,37H,10-12H2,1-3H3. The molecule has 200 valence electrons. The summed E-state index contributed by atoms with van der Waals surface area (Å²) >= 11 is 6.23. The monoisotopic (exact) mass is 548 g/mol. The molecule has 0 saturated heterocycles. The number of nitrogens with zero attached hydrogens (tertiary/aromatic N) is 4. The molecule has 13 heteroatoms. The fourth-order valence-electron chi connectivity index (χ4n) is 3.96. The highest BCUT2D eigenvalue weighted by Crippen LogP contribution is 2.39. The molecule has 1 aliphatic heterocycles. The van der Waals surface area contributed by atoms with Crippen molar-refractivity contribution in [3.05, 3.63) is 74.8 Å². The number of carbonyl (C=O) groups excluding carboxylic acids is 2. The number of fused-ring (bicyclic) bond motifs is 1. The molecule has 2 heterocycles. The van der Waals surface area contributed by atoms with E-state index in [-0.39, 0.29) is 47.6 Å². The molecule has 3 aromatic rings. The third kappa shape index (κ3) is 4.97. The highest BCUT2D eigenvalue weighted by molar-refractivity contribution is 6.31. The zero-order valence-corrected chi connectivity index (χ0v) is 21.3. The summed E-state index contributed by atoms with van der Waals surface area (Å²) < 4.78 is 33.7. The van der Waals surface area contributed by atoms with Gasteiger partial charge in [-0.1, -0.05) is 11.6 Å². The fourth-order valence-corrected chi connectivity index (χ4v) is 4.14. The van der Waals surface area contributed by atoms with Crippen molar-refractivity contribution in [1.82, 2.24) is 9.55 Å². The highest BCUT2D eigenvalue weighted by atomic mass is 35.5. The predicted molar refractivity (Wildman–Crippen MR) is 133 cm³/mol. The number of ether oxygens (including phenoxy) is 1. The summed E-state index contributed by atoms with van der Waals surface area (Å²) in [5, 5.41) is 19.2. The number of rotatable bonds is 6. The molecule has 10 nitrogen and oxygen atoms in total. The number of aliphatic hydroxyl groups is 2. The molecule has 38 heavy (non-hydrogen) atoms. The van der Waals surface area contributed by atoms with Crippen molar-refractivity contribution in [3.8, 4) is 11.6 Å². The predicted octanol–water partition coefficient (Wildman–Crippen LogP) is 2.45. The Labute approximate surface area is 220 Å². The van der Waals surface area contributed by atoms with Gasteiger partial charge in [-0.3, -0.25) is 28.8 Å². The molecular formula is C25H23ClF2N4O6. The van der Waals surface area contributed by atoms with Gasteiger partial charge >= 0.3 is 0 Å². The second kappa shape index (κ2) is 10.1. The van der Waals surface area contributed by atoms with Crippen LogP contribution in [0.1, 0.15) is 25.2 Å². The molecule has 2 N–H and O–H groups in total. The lowest BCUT2D eigenvalue weighted by Crippen LogP contribution is -2.47. The Morgan fingerprint density at radius 2 is 1.84 bits per heavy atom. The number of amides is 2. The summed E-state index contributed by atoms with van der Waals surface area (Å²) in [6, 6.07) is 7.39. The van der Waals surface area contributed by atoms with Gasteiger partial charge in [0.25, 0.3) is 17.4 Å². The average molecular weight is 549 g/mol. The van der Waals surface area contributed by atoms with Gasteiger partial charge in [-0.15, -0.1) is 0 Å². The van der Waals surface area contributed by atoms with E-state index in [1.54, 1.807) is 0 Å². The van der Waals surface area contributed by atoms with Crippen LogP contribution in [0.5, 0.6) is 5.88 Å². The molecule has 4 rings (SSSR count). The SMILES string of the molecule is Cc1nc(OCc2ccc(F)cc2F)c(Cl)c(=O)n1-c1ccc2c(c1)N(C(=O)CO)CN2C(=O)C(C)(C)O. The molecule has 0 saturated carbocycles. The quantitative estimate of drug-likeness (QED) is 0.485. The Kier molecular flexibility index (Phi) is 7.24. The minimum Gasteiger partial charge on any atom is -0.471 e. The lowest BCUT2D eigenvalue weighted by molar-refractivity contribution is -0.133. The first-order valence-corrected chi connectivity index (χ1v) is 11.7. The van der Waals surface area contributed by atoms with Crippen LogP contribution in [0, 0.1) is 18.6 Å². The Morgan fingerprint density at radius 3 is 2.47 bits per heavy atom. The molecule has 2 amide bonds. The van der Waals surface area contributed by atoms with Crippen molar-refractivity contribution in [2.45, 2.75) is 33.0 Å². The van der Waals surface area contributed by atoms with Gasteiger partial charge < -0.3 is 14.9 Å². The Morgan fingerprint density at radius 1 is 1.13 bits per heavy atom. The first-order valence-electron chi connectivity index (χ1n) is 11.3. The zero-order chi connectivity index (χ0) is 27.9. The normalized spacial score (nSPS) is 13.1. The number of halogens is 3. The Bertz CT molecular complexity index is 1500. The summed E-state index contributed by atoms with van der Waals surface area (Å²) in [6.45, 7) is 2.68. The summed E-state index contributed by atoms with van der Waals surface area (Å²) in [4.78, 5) is 44.9. The van der Waals surface area contributed by atoms with Crippen LogP contribution in [0.4, 0.5) is 20.2 Å². The van der Waals surface area contributed by atoms with E-state index in [0.717, 1.165) is 15.5 Å². The van der Waals surface area contributed by atoms with Crippen LogP contribution < -0.4 is 20.1 Å². The topological polar surface area (TPSA) is 125 Å². The largest absolute Gasteiger partial charge is 0.471 e. The van der Waals surface area contributed by atoms with Crippen LogP contribution in [0.2, 0.25) is 5.02 Å². The second-order valence-electron chi connectivity index (χ2n) is 9.03. The van der Waals surface area contributed by atoms with Crippen LogP contribution in [-0.4, -0.2) is 50.5 Å². The molecule has 0 bridgehead atoms. The van der Waals surface area contributed by atoms with Gasteiger partial charge in [-0.2, -0.15) is 4.98 Å². The van der Waals surface area contributed by atoms with E-state index in [9.17, 15) is 33.4 Å². The molecule has 0 aliphatic carbocycles. The first-order chi connectivity index (χ1) is 17.8. The number of aliphatic hydroxyl groups excluding tert-OH is 1. The van der Waals surface area contributed by atoms with Crippen molar-refractivity contribution in [2.75, 3.05) is 23.1 Å². The summed E-state index contributed by atoms with van der Waals surface area (Å²) in [5.74, 6) is -3.07. The molecule has 0 spiro atoms. The summed E-state index contributed by atoms with van der Waals surface area (Å²) in [5.41, 5.74) is -1.68. The van der Waals surface area contributed by atoms with E-state index in [1.807, 2.05) is 0 Å². The van der Waals surface area contributed by atoms with Crippen LogP contribution in [0.15, 0.2) is 41.2 Å². The smallest absolute Gasteiger partial charge is 0.280 e. The number of anilines is 2. The minimum absolute atomic E-state index is 0.0310. The minimum atomic E-state index is -1.73. The zero-order valence-electron chi connectivity index (χ0n) is 20.5. The van der Waals surface area contributed by atoms with E-state index >= 15 is 0 Å². The van der Waals surface area contributed by atoms with Gasteiger partial charge in [0.2, 0.25) is 5.88 Å². The lowest BCUT2D eigenvalue weighted by atomic mass is 10.1. The highest BCUT2D eigenvalue weighted by Gasteiger charge is 2.39. The van der Waals surface area contributed by atoms with Crippen LogP contribution >= 0.6 is 11.6 Å². The maximum Gasteiger partial charge on any atom is 0.280 e. The average Bonchev–Trinajstić information content (AvgIpc) is 3.23. The number of aromatic nitrogens is 2. The van der Waals surface area contributed by atoms with Crippen molar-refractivity contribution in [3.63, 3.8) is 0 Å². The number of carbonyl (C=O) groups is 2. The summed E-state index contributed by atoms with van der Waals surface area (Å²) in [7, 11) is 0. The fraction of sp³-hybridized carbons (Fsp3) is 0.280. The van der Waals surface area contributed by atoms with Gasteiger partial charge in [-0.05, 0) is 51.1 Å². The van der Waals surface area contributed by atoms with Crippen molar-refractivity contribution >= 4 is 34.8 Å². The third-order valence-electron chi connectivity index (χ3n) is 5.83.